The van der Waals surface area contributed by atoms with Crippen LogP contribution >= 0.6 is 23.2 Å². The summed E-state index contributed by atoms with van der Waals surface area (Å²) >= 11 is 11.8. The molecular formula is C17H18Cl2N2O. The van der Waals surface area contributed by atoms with Crippen LogP contribution < -0.4 is 5.32 Å². The maximum absolute atomic E-state index is 12.2. The minimum atomic E-state index is -0.165. The van der Waals surface area contributed by atoms with Crippen LogP contribution in [0, 0.1) is 0 Å². The van der Waals surface area contributed by atoms with Gasteiger partial charge in [0.1, 0.15) is 0 Å². The molecule has 5 heteroatoms. The maximum Gasteiger partial charge on any atom is 0.251 e. The molecule has 0 unspecified atom stereocenters. The van der Waals surface area contributed by atoms with Crippen molar-refractivity contribution in [3.05, 3.63) is 69.7 Å². The number of nitrogens with one attached hydrogen (secondary N) is 1. The molecule has 0 aliphatic rings. The van der Waals surface area contributed by atoms with Crippen LogP contribution in [0.5, 0.6) is 0 Å². The predicted octanol–water partition coefficient (Wildman–Crippen LogP) is 4.03. The average Bonchev–Trinajstić information content (AvgIpc) is 2.50. The number of hydrogen-bond donors (Lipinski definition) is 1. The minimum Gasteiger partial charge on any atom is -0.350 e. The molecule has 2 aromatic carbocycles. The highest BCUT2D eigenvalue weighted by atomic mass is 35.5. The SMILES string of the molecule is CN(C)[C@@H](CNC(=O)c1ccc(Cl)c(Cl)c1)c1ccccc1. The number of nitrogens with zero attached hydrogens (tertiary/aromatic N) is 1. The van der Waals surface area contributed by atoms with Crippen LogP contribution in [-0.4, -0.2) is 31.4 Å². The summed E-state index contributed by atoms with van der Waals surface area (Å²) in [5.41, 5.74) is 1.65. The molecular weight excluding hydrogens is 319 g/mol. The summed E-state index contributed by atoms with van der Waals surface area (Å²) in [5, 5.41) is 3.76. The zero-order valence-electron chi connectivity index (χ0n) is 12.5. The van der Waals surface area contributed by atoms with Gasteiger partial charge in [0.05, 0.1) is 16.1 Å². The normalized spacial score (nSPS) is 12.2. The van der Waals surface area contributed by atoms with E-state index in [-0.39, 0.29) is 11.9 Å². The molecule has 1 atom stereocenters. The van der Waals surface area contributed by atoms with E-state index in [0.29, 0.717) is 22.2 Å². The van der Waals surface area contributed by atoms with Gasteiger partial charge < -0.3 is 10.2 Å². The highest BCUT2D eigenvalue weighted by molar-refractivity contribution is 6.42. The summed E-state index contributed by atoms with van der Waals surface area (Å²) in [4.78, 5) is 14.3. The molecule has 22 heavy (non-hydrogen) atoms. The molecule has 0 radical (unpaired) electrons. The lowest BCUT2D eigenvalue weighted by Gasteiger charge is -2.25. The molecule has 1 N–H and O–H groups in total. The van der Waals surface area contributed by atoms with Crippen LogP contribution in [0.3, 0.4) is 0 Å². The van der Waals surface area contributed by atoms with E-state index in [1.54, 1.807) is 18.2 Å². The monoisotopic (exact) mass is 336 g/mol. The Morgan fingerprint density at radius 1 is 1.09 bits per heavy atom. The van der Waals surface area contributed by atoms with Crippen molar-refractivity contribution in [2.45, 2.75) is 6.04 Å². The number of hydrogen-bond acceptors (Lipinski definition) is 2. The van der Waals surface area contributed by atoms with Gasteiger partial charge in [-0.3, -0.25) is 4.79 Å². The summed E-state index contributed by atoms with van der Waals surface area (Å²) in [6.45, 7) is 0.510. The molecule has 2 aromatic rings. The number of benzene rings is 2. The molecule has 1 amide bonds. The third kappa shape index (κ3) is 4.23. The number of halogens is 2. The maximum atomic E-state index is 12.2. The molecule has 0 aliphatic carbocycles. The van der Waals surface area contributed by atoms with Crippen LogP contribution in [0.2, 0.25) is 10.0 Å². The van der Waals surface area contributed by atoms with Gasteiger partial charge in [0.15, 0.2) is 0 Å². The highest BCUT2D eigenvalue weighted by Crippen LogP contribution is 2.23. The fraction of sp³-hybridized carbons (Fsp3) is 0.235. The third-order valence-corrected chi connectivity index (χ3v) is 4.18. The number of carbonyl (C=O) groups is 1. The third-order valence-electron chi connectivity index (χ3n) is 3.45. The molecule has 3 nitrogen and oxygen atoms in total. The summed E-state index contributed by atoms with van der Waals surface area (Å²) in [6, 6.07) is 15.0. The van der Waals surface area contributed by atoms with Crippen molar-refractivity contribution in [3.8, 4) is 0 Å². The predicted molar refractivity (Wildman–Crippen MR) is 91.7 cm³/mol. The zero-order valence-corrected chi connectivity index (χ0v) is 14.0. The van der Waals surface area contributed by atoms with Gasteiger partial charge in [-0.1, -0.05) is 53.5 Å². The molecule has 0 fully saturated rings. The number of amides is 1. The van der Waals surface area contributed by atoms with Gasteiger partial charge in [-0.05, 0) is 37.9 Å². The van der Waals surface area contributed by atoms with E-state index < -0.39 is 0 Å². The molecule has 0 saturated heterocycles. The average molecular weight is 337 g/mol. The lowest BCUT2D eigenvalue weighted by molar-refractivity contribution is 0.0942. The van der Waals surface area contributed by atoms with Gasteiger partial charge in [0.25, 0.3) is 5.91 Å². The molecule has 0 bridgehead atoms. The Morgan fingerprint density at radius 2 is 1.77 bits per heavy atom. The first-order chi connectivity index (χ1) is 10.5. The Kier molecular flexibility index (Phi) is 5.83. The van der Waals surface area contributed by atoms with Crippen molar-refractivity contribution in [1.82, 2.24) is 10.2 Å². The molecule has 0 aliphatic heterocycles. The molecule has 0 saturated carbocycles. The summed E-state index contributed by atoms with van der Waals surface area (Å²) in [7, 11) is 3.98. The number of rotatable bonds is 5. The Bertz CT molecular complexity index is 644. The second-order valence-electron chi connectivity index (χ2n) is 5.23. The lowest BCUT2D eigenvalue weighted by Crippen LogP contribution is -2.34. The largest absolute Gasteiger partial charge is 0.350 e. The van der Waals surface area contributed by atoms with Crippen molar-refractivity contribution in [3.63, 3.8) is 0 Å². The van der Waals surface area contributed by atoms with E-state index in [0.717, 1.165) is 5.56 Å². The van der Waals surface area contributed by atoms with Gasteiger partial charge in [-0.15, -0.1) is 0 Å². The van der Waals surface area contributed by atoms with Gasteiger partial charge in [0, 0.05) is 12.1 Å². The van der Waals surface area contributed by atoms with E-state index in [9.17, 15) is 4.79 Å². The first kappa shape index (κ1) is 16.8. The summed E-state index contributed by atoms with van der Waals surface area (Å²) in [6.07, 6.45) is 0. The second-order valence-corrected chi connectivity index (χ2v) is 6.04. The van der Waals surface area contributed by atoms with Crippen molar-refractivity contribution in [2.24, 2.45) is 0 Å². The van der Waals surface area contributed by atoms with Gasteiger partial charge in [-0.2, -0.15) is 0 Å². The topological polar surface area (TPSA) is 32.3 Å². The standard InChI is InChI=1S/C17H18Cl2N2O/c1-21(2)16(12-6-4-3-5-7-12)11-20-17(22)13-8-9-14(18)15(19)10-13/h3-10,16H,11H2,1-2H3,(H,20,22)/t16-/m0/s1. The smallest absolute Gasteiger partial charge is 0.251 e. The number of carbonyl (C=O) groups excluding carboxylic acids is 1. The zero-order chi connectivity index (χ0) is 16.1. The molecule has 0 spiro atoms. The fourth-order valence-electron chi connectivity index (χ4n) is 2.20. The van der Waals surface area contributed by atoms with E-state index in [2.05, 4.69) is 22.3 Å². The van der Waals surface area contributed by atoms with Crippen molar-refractivity contribution < 1.29 is 4.79 Å². The molecule has 2 rings (SSSR count). The lowest BCUT2D eigenvalue weighted by atomic mass is 10.1. The minimum absolute atomic E-state index is 0.105. The Morgan fingerprint density at radius 3 is 2.36 bits per heavy atom. The highest BCUT2D eigenvalue weighted by Gasteiger charge is 2.16. The van der Waals surface area contributed by atoms with Crippen LogP contribution in [-0.2, 0) is 0 Å². The first-order valence-corrected chi connectivity index (χ1v) is 7.69. The molecule has 116 valence electrons. The fourth-order valence-corrected chi connectivity index (χ4v) is 2.50. The van der Waals surface area contributed by atoms with Crippen molar-refractivity contribution in [2.75, 3.05) is 20.6 Å². The van der Waals surface area contributed by atoms with Gasteiger partial charge >= 0.3 is 0 Å². The summed E-state index contributed by atoms with van der Waals surface area (Å²) in [5.74, 6) is -0.165. The summed E-state index contributed by atoms with van der Waals surface area (Å²) < 4.78 is 0. The van der Waals surface area contributed by atoms with Gasteiger partial charge in [-0.25, -0.2) is 0 Å². The molecule has 0 heterocycles. The number of likely N-dealkylation sites (N-methyl/N-ethyl adjacent to an activating group) is 1. The second kappa shape index (κ2) is 7.63. The quantitative estimate of drug-likeness (QED) is 0.894. The van der Waals surface area contributed by atoms with E-state index in [4.69, 9.17) is 23.2 Å². The van der Waals surface area contributed by atoms with E-state index in [1.807, 2.05) is 32.3 Å². The first-order valence-electron chi connectivity index (χ1n) is 6.93. The van der Waals surface area contributed by atoms with Crippen molar-refractivity contribution in [1.29, 1.82) is 0 Å². The van der Waals surface area contributed by atoms with Crippen LogP contribution in [0.25, 0.3) is 0 Å². The van der Waals surface area contributed by atoms with E-state index in [1.165, 1.54) is 0 Å². The van der Waals surface area contributed by atoms with E-state index >= 15 is 0 Å². The molecule has 0 aromatic heterocycles. The Balaban J connectivity index is 2.06. The Labute approximate surface area is 140 Å². The van der Waals surface area contributed by atoms with Crippen molar-refractivity contribution >= 4 is 29.1 Å². The Hall–Kier alpha value is -1.55. The van der Waals surface area contributed by atoms with Crippen LogP contribution in [0.15, 0.2) is 48.5 Å². The van der Waals surface area contributed by atoms with Crippen LogP contribution in [0.1, 0.15) is 22.0 Å². The van der Waals surface area contributed by atoms with Crippen LogP contribution in [0.4, 0.5) is 0 Å². The van der Waals surface area contributed by atoms with Gasteiger partial charge in [0.2, 0.25) is 0 Å².